The fraction of sp³-hybridized carbons (Fsp3) is 0.500. The van der Waals surface area contributed by atoms with Crippen molar-refractivity contribution in [3.8, 4) is 11.1 Å². The number of aryl methyl sites for hydroxylation is 1. The Labute approximate surface area is 155 Å². The molecule has 1 aliphatic rings. The molecule has 6 nitrogen and oxygen atoms in total. The van der Waals surface area contributed by atoms with Crippen molar-refractivity contribution < 1.29 is 9.53 Å². The van der Waals surface area contributed by atoms with Crippen LogP contribution in [0.1, 0.15) is 32.2 Å². The van der Waals surface area contributed by atoms with Crippen molar-refractivity contribution in [2.45, 2.75) is 39.8 Å². The van der Waals surface area contributed by atoms with Crippen molar-refractivity contribution >= 4 is 6.09 Å². The summed E-state index contributed by atoms with van der Waals surface area (Å²) in [7, 11) is 0. The van der Waals surface area contributed by atoms with Gasteiger partial charge in [-0.1, -0.05) is 30.3 Å². The second-order valence-corrected chi connectivity index (χ2v) is 7.78. The summed E-state index contributed by atoms with van der Waals surface area (Å²) < 4.78 is 5.46. The van der Waals surface area contributed by atoms with Gasteiger partial charge in [-0.25, -0.2) is 4.79 Å². The quantitative estimate of drug-likeness (QED) is 0.915. The number of benzene rings is 1. The summed E-state index contributed by atoms with van der Waals surface area (Å²) >= 11 is 0. The average molecular weight is 356 g/mol. The smallest absolute Gasteiger partial charge is 0.410 e. The Morgan fingerprint density at radius 2 is 1.81 bits per heavy atom. The lowest BCUT2D eigenvalue weighted by Crippen LogP contribution is -2.49. The number of hydrogen-bond donors (Lipinski definition) is 1. The van der Waals surface area contributed by atoms with Crippen LogP contribution in [0.5, 0.6) is 0 Å². The molecular weight excluding hydrogens is 328 g/mol. The van der Waals surface area contributed by atoms with E-state index in [1.165, 1.54) is 11.1 Å². The molecule has 0 unspecified atom stereocenters. The zero-order valence-electron chi connectivity index (χ0n) is 16.1. The minimum atomic E-state index is -0.453. The molecule has 1 fully saturated rings. The molecule has 0 atom stereocenters. The van der Waals surface area contributed by atoms with E-state index in [1.807, 2.05) is 39.0 Å². The summed E-state index contributed by atoms with van der Waals surface area (Å²) in [6, 6.07) is 10.3. The van der Waals surface area contributed by atoms with Crippen LogP contribution < -0.4 is 0 Å². The molecule has 26 heavy (non-hydrogen) atoms. The SMILES string of the molecule is Cc1[nH]nc(CN2CCN(C(=O)OC(C)(C)C)CC2)c1-c1ccccc1. The molecule has 1 saturated heterocycles. The molecule has 1 N–H and O–H groups in total. The van der Waals surface area contributed by atoms with E-state index in [0.717, 1.165) is 31.0 Å². The molecule has 6 heteroatoms. The van der Waals surface area contributed by atoms with E-state index in [0.29, 0.717) is 13.1 Å². The molecule has 140 valence electrons. The van der Waals surface area contributed by atoms with Crippen LogP contribution in [-0.2, 0) is 11.3 Å². The lowest BCUT2D eigenvalue weighted by Gasteiger charge is -2.35. The number of carbonyl (C=O) groups is 1. The minimum Gasteiger partial charge on any atom is -0.444 e. The van der Waals surface area contributed by atoms with Gasteiger partial charge in [-0.2, -0.15) is 5.10 Å². The summed E-state index contributed by atoms with van der Waals surface area (Å²) in [5.41, 5.74) is 4.05. The number of ether oxygens (including phenoxy) is 1. The van der Waals surface area contributed by atoms with Gasteiger partial charge in [0.1, 0.15) is 5.60 Å². The Balaban J connectivity index is 1.62. The van der Waals surface area contributed by atoms with Gasteiger partial charge in [-0.05, 0) is 33.3 Å². The monoisotopic (exact) mass is 356 g/mol. The number of amides is 1. The number of nitrogens with one attached hydrogen (secondary N) is 1. The maximum absolute atomic E-state index is 12.2. The van der Waals surface area contributed by atoms with Gasteiger partial charge < -0.3 is 9.64 Å². The Morgan fingerprint density at radius 3 is 2.42 bits per heavy atom. The van der Waals surface area contributed by atoms with Gasteiger partial charge in [0, 0.05) is 44.0 Å². The molecule has 1 aliphatic heterocycles. The van der Waals surface area contributed by atoms with Crippen molar-refractivity contribution in [3.63, 3.8) is 0 Å². The van der Waals surface area contributed by atoms with Crippen LogP contribution in [0.2, 0.25) is 0 Å². The highest BCUT2D eigenvalue weighted by atomic mass is 16.6. The van der Waals surface area contributed by atoms with E-state index in [2.05, 4.69) is 34.2 Å². The molecule has 0 bridgehead atoms. The van der Waals surface area contributed by atoms with Gasteiger partial charge in [0.05, 0.1) is 5.69 Å². The van der Waals surface area contributed by atoms with Gasteiger partial charge in [-0.15, -0.1) is 0 Å². The Morgan fingerprint density at radius 1 is 1.15 bits per heavy atom. The van der Waals surface area contributed by atoms with E-state index in [9.17, 15) is 4.79 Å². The van der Waals surface area contributed by atoms with Crippen molar-refractivity contribution in [2.24, 2.45) is 0 Å². The van der Waals surface area contributed by atoms with E-state index >= 15 is 0 Å². The first kappa shape index (κ1) is 18.5. The van der Waals surface area contributed by atoms with Gasteiger partial charge in [0.25, 0.3) is 0 Å². The number of aromatic nitrogens is 2. The summed E-state index contributed by atoms with van der Waals surface area (Å²) in [6.07, 6.45) is -0.224. The van der Waals surface area contributed by atoms with Crippen LogP contribution in [0.4, 0.5) is 4.79 Å². The maximum atomic E-state index is 12.2. The Kier molecular flexibility index (Phi) is 5.32. The fourth-order valence-corrected chi connectivity index (χ4v) is 3.21. The van der Waals surface area contributed by atoms with Gasteiger partial charge in [0.15, 0.2) is 0 Å². The van der Waals surface area contributed by atoms with Crippen LogP contribution in [0.25, 0.3) is 11.1 Å². The maximum Gasteiger partial charge on any atom is 0.410 e. The van der Waals surface area contributed by atoms with Crippen LogP contribution in [0, 0.1) is 6.92 Å². The van der Waals surface area contributed by atoms with E-state index in [1.54, 1.807) is 4.90 Å². The van der Waals surface area contributed by atoms with E-state index < -0.39 is 5.60 Å². The highest BCUT2D eigenvalue weighted by Gasteiger charge is 2.26. The van der Waals surface area contributed by atoms with E-state index in [-0.39, 0.29) is 6.09 Å². The predicted octanol–water partition coefficient (Wildman–Crippen LogP) is 3.44. The molecule has 3 rings (SSSR count). The molecule has 2 aromatic rings. The highest BCUT2D eigenvalue weighted by molar-refractivity contribution is 5.69. The summed E-state index contributed by atoms with van der Waals surface area (Å²) in [5, 5.41) is 7.63. The molecule has 2 heterocycles. The average Bonchev–Trinajstić information content (AvgIpc) is 2.95. The van der Waals surface area contributed by atoms with Gasteiger partial charge in [-0.3, -0.25) is 10.00 Å². The Hall–Kier alpha value is -2.34. The second-order valence-electron chi connectivity index (χ2n) is 7.78. The topological polar surface area (TPSA) is 61.5 Å². The standard InChI is InChI=1S/C20H28N4O2/c1-15-18(16-8-6-5-7-9-16)17(22-21-15)14-23-10-12-24(13-11-23)19(25)26-20(2,3)4/h5-9H,10-14H2,1-4H3,(H,21,22). The van der Waals surface area contributed by atoms with Gasteiger partial charge >= 0.3 is 6.09 Å². The lowest BCUT2D eigenvalue weighted by molar-refractivity contribution is 0.0138. The normalized spacial score (nSPS) is 15.9. The zero-order chi connectivity index (χ0) is 18.7. The number of H-pyrrole nitrogens is 1. The number of nitrogens with zero attached hydrogens (tertiary/aromatic N) is 3. The molecule has 0 aliphatic carbocycles. The predicted molar refractivity (Wildman–Crippen MR) is 102 cm³/mol. The molecule has 0 radical (unpaired) electrons. The van der Waals surface area contributed by atoms with Crippen LogP contribution in [0.15, 0.2) is 30.3 Å². The number of aromatic amines is 1. The third-order valence-corrected chi connectivity index (χ3v) is 4.48. The van der Waals surface area contributed by atoms with Crippen molar-refractivity contribution in [1.29, 1.82) is 0 Å². The number of piperazine rings is 1. The number of hydrogen-bond acceptors (Lipinski definition) is 4. The van der Waals surface area contributed by atoms with Crippen LogP contribution in [-0.4, -0.2) is 57.9 Å². The first-order chi connectivity index (χ1) is 12.3. The largest absolute Gasteiger partial charge is 0.444 e. The molecule has 0 spiro atoms. The number of rotatable bonds is 3. The minimum absolute atomic E-state index is 0.224. The van der Waals surface area contributed by atoms with E-state index in [4.69, 9.17) is 4.74 Å². The number of carbonyl (C=O) groups excluding carboxylic acids is 1. The molecule has 1 aromatic carbocycles. The highest BCUT2D eigenvalue weighted by Crippen LogP contribution is 2.26. The Bertz CT molecular complexity index is 741. The first-order valence-corrected chi connectivity index (χ1v) is 9.13. The zero-order valence-corrected chi connectivity index (χ0v) is 16.1. The molecule has 1 aromatic heterocycles. The van der Waals surface area contributed by atoms with Crippen LogP contribution >= 0.6 is 0 Å². The summed E-state index contributed by atoms with van der Waals surface area (Å²) in [6.45, 7) is 11.5. The van der Waals surface area contributed by atoms with Crippen molar-refractivity contribution in [2.75, 3.05) is 26.2 Å². The fourth-order valence-electron chi connectivity index (χ4n) is 3.21. The van der Waals surface area contributed by atoms with Crippen molar-refractivity contribution in [1.82, 2.24) is 20.0 Å². The van der Waals surface area contributed by atoms with Crippen LogP contribution in [0.3, 0.4) is 0 Å². The third-order valence-electron chi connectivity index (χ3n) is 4.48. The molecule has 1 amide bonds. The lowest BCUT2D eigenvalue weighted by atomic mass is 10.0. The molecular formula is C20H28N4O2. The second kappa shape index (κ2) is 7.50. The summed E-state index contributed by atoms with van der Waals surface area (Å²) in [4.78, 5) is 16.3. The summed E-state index contributed by atoms with van der Waals surface area (Å²) in [5.74, 6) is 0. The van der Waals surface area contributed by atoms with Crippen molar-refractivity contribution in [3.05, 3.63) is 41.7 Å². The first-order valence-electron chi connectivity index (χ1n) is 9.13. The van der Waals surface area contributed by atoms with Gasteiger partial charge in [0.2, 0.25) is 0 Å². The molecule has 0 saturated carbocycles. The third kappa shape index (κ3) is 4.43.